The number of hydrogen-bond donors (Lipinski definition) is 1. The summed E-state index contributed by atoms with van der Waals surface area (Å²) in [5, 5.41) is 2.77. The molecular weight excluding hydrogens is 208 g/mol. The molecule has 2 amide bonds. The van der Waals surface area contributed by atoms with Crippen LogP contribution in [-0.4, -0.2) is 49.6 Å². The second-order valence-electron chi connectivity index (χ2n) is 4.07. The highest BCUT2D eigenvalue weighted by Gasteiger charge is 2.31. The van der Waals surface area contributed by atoms with Gasteiger partial charge >= 0.3 is 0 Å². The first-order valence-electron chi connectivity index (χ1n) is 5.68. The molecule has 1 N–H and O–H groups in total. The van der Waals surface area contributed by atoms with Crippen molar-refractivity contribution in [1.82, 2.24) is 10.2 Å². The minimum Gasteiger partial charge on any atom is -0.385 e. The molecule has 0 saturated heterocycles. The summed E-state index contributed by atoms with van der Waals surface area (Å²) >= 11 is 0. The number of ether oxygens (including phenoxy) is 1. The molecule has 92 valence electrons. The molecule has 1 rings (SSSR count). The van der Waals surface area contributed by atoms with Crippen LogP contribution in [0.4, 0.5) is 0 Å². The van der Waals surface area contributed by atoms with Crippen molar-refractivity contribution in [2.24, 2.45) is 0 Å². The van der Waals surface area contributed by atoms with E-state index in [9.17, 15) is 9.59 Å². The highest BCUT2D eigenvalue weighted by molar-refractivity contribution is 5.84. The molecule has 5 nitrogen and oxygen atoms in total. The van der Waals surface area contributed by atoms with Gasteiger partial charge in [0.25, 0.3) is 0 Å². The van der Waals surface area contributed by atoms with Crippen molar-refractivity contribution < 1.29 is 14.3 Å². The maximum Gasteiger partial charge on any atom is 0.239 e. The molecular formula is C11H20N2O3. The summed E-state index contributed by atoms with van der Waals surface area (Å²) in [6, 6.07) is 0.294. The van der Waals surface area contributed by atoms with E-state index in [1.807, 2.05) is 0 Å². The van der Waals surface area contributed by atoms with Crippen molar-refractivity contribution in [3.8, 4) is 0 Å². The second kappa shape index (κ2) is 6.48. The van der Waals surface area contributed by atoms with Crippen molar-refractivity contribution in [3.05, 3.63) is 0 Å². The first-order chi connectivity index (χ1) is 7.65. The lowest BCUT2D eigenvalue weighted by atomic mass is 10.4. The summed E-state index contributed by atoms with van der Waals surface area (Å²) in [6.07, 6.45) is 2.85. The van der Waals surface area contributed by atoms with Gasteiger partial charge in [-0.2, -0.15) is 0 Å². The van der Waals surface area contributed by atoms with Gasteiger partial charge in [0.2, 0.25) is 11.8 Å². The Labute approximate surface area is 96.1 Å². The van der Waals surface area contributed by atoms with E-state index in [1.54, 1.807) is 12.0 Å². The van der Waals surface area contributed by atoms with Crippen LogP contribution in [0.1, 0.15) is 26.2 Å². The van der Waals surface area contributed by atoms with Gasteiger partial charge in [0.15, 0.2) is 0 Å². The molecule has 0 bridgehead atoms. The summed E-state index contributed by atoms with van der Waals surface area (Å²) in [4.78, 5) is 24.4. The van der Waals surface area contributed by atoms with Gasteiger partial charge in [-0.15, -0.1) is 0 Å². The van der Waals surface area contributed by atoms with Crippen molar-refractivity contribution in [1.29, 1.82) is 0 Å². The van der Waals surface area contributed by atoms with Crippen LogP contribution in [0.3, 0.4) is 0 Å². The van der Waals surface area contributed by atoms with Crippen LogP contribution in [-0.2, 0) is 14.3 Å². The Bertz CT molecular complexity index is 252. The molecule has 0 aliphatic heterocycles. The third-order valence-corrected chi connectivity index (χ3v) is 2.55. The van der Waals surface area contributed by atoms with Gasteiger partial charge in [0.1, 0.15) is 0 Å². The molecule has 1 fully saturated rings. The molecule has 1 aliphatic rings. The lowest BCUT2D eigenvalue weighted by molar-refractivity contribution is -0.134. The molecule has 1 aliphatic carbocycles. The van der Waals surface area contributed by atoms with Crippen LogP contribution in [0.5, 0.6) is 0 Å². The molecule has 0 atom stereocenters. The summed E-state index contributed by atoms with van der Waals surface area (Å²) in [6.45, 7) is 2.94. The summed E-state index contributed by atoms with van der Waals surface area (Å²) in [5.74, 6) is -0.104. The monoisotopic (exact) mass is 228 g/mol. The molecule has 0 aromatic rings. The fourth-order valence-corrected chi connectivity index (χ4v) is 1.54. The third-order valence-electron chi connectivity index (χ3n) is 2.55. The number of rotatable bonds is 7. The van der Waals surface area contributed by atoms with Crippen molar-refractivity contribution in [3.63, 3.8) is 0 Å². The maximum absolute atomic E-state index is 11.5. The Balaban J connectivity index is 2.18. The smallest absolute Gasteiger partial charge is 0.239 e. The summed E-state index contributed by atoms with van der Waals surface area (Å²) in [7, 11) is 1.63. The Morgan fingerprint density at radius 1 is 1.44 bits per heavy atom. The van der Waals surface area contributed by atoms with Gasteiger partial charge < -0.3 is 15.0 Å². The molecule has 0 unspecified atom stereocenters. The Kier molecular flexibility index (Phi) is 5.25. The second-order valence-corrected chi connectivity index (χ2v) is 4.07. The highest BCUT2D eigenvalue weighted by atomic mass is 16.5. The molecule has 0 aromatic carbocycles. The lowest BCUT2D eigenvalue weighted by Gasteiger charge is -2.19. The van der Waals surface area contributed by atoms with Gasteiger partial charge in [-0.3, -0.25) is 9.59 Å². The van der Waals surface area contributed by atoms with Gasteiger partial charge in [0, 0.05) is 33.2 Å². The quantitative estimate of drug-likeness (QED) is 0.631. The zero-order chi connectivity index (χ0) is 12.0. The number of amides is 2. The van der Waals surface area contributed by atoms with E-state index < -0.39 is 0 Å². The van der Waals surface area contributed by atoms with E-state index in [2.05, 4.69) is 5.32 Å². The first kappa shape index (κ1) is 13.0. The van der Waals surface area contributed by atoms with Crippen LogP contribution >= 0.6 is 0 Å². The zero-order valence-corrected chi connectivity index (χ0v) is 9.99. The minimum absolute atomic E-state index is 0.0189. The van der Waals surface area contributed by atoms with E-state index in [1.165, 1.54) is 6.92 Å². The lowest BCUT2D eigenvalue weighted by Crippen LogP contribution is -2.41. The molecule has 16 heavy (non-hydrogen) atoms. The van der Waals surface area contributed by atoms with E-state index in [4.69, 9.17) is 4.74 Å². The van der Waals surface area contributed by atoms with Crippen molar-refractivity contribution >= 4 is 11.8 Å². The normalized spacial score (nSPS) is 14.6. The molecule has 0 radical (unpaired) electrons. The van der Waals surface area contributed by atoms with E-state index in [-0.39, 0.29) is 18.4 Å². The van der Waals surface area contributed by atoms with Crippen LogP contribution < -0.4 is 5.32 Å². The Morgan fingerprint density at radius 2 is 2.12 bits per heavy atom. The largest absolute Gasteiger partial charge is 0.385 e. The zero-order valence-electron chi connectivity index (χ0n) is 9.99. The molecule has 0 spiro atoms. The number of carbonyl (C=O) groups is 2. The number of methoxy groups -OCH3 is 1. The van der Waals surface area contributed by atoms with Gasteiger partial charge in [-0.05, 0) is 19.3 Å². The topological polar surface area (TPSA) is 58.6 Å². The van der Waals surface area contributed by atoms with Crippen molar-refractivity contribution in [2.45, 2.75) is 32.2 Å². The maximum atomic E-state index is 11.5. The van der Waals surface area contributed by atoms with E-state index >= 15 is 0 Å². The van der Waals surface area contributed by atoms with Crippen LogP contribution in [0.25, 0.3) is 0 Å². The number of nitrogens with zero attached hydrogens (tertiary/aromatic N) is 1. The number of hydrogen-bond acceptors (Lipinski definition) is 3. The highest BCUT2D eigenvalue weighted by Crippen LogP contribution is 2.26. The van der Waals surface area contributed by atoms with Crippen molar-refractivity contribution in [2.75, 3.05) is 26.8 Å². The van der Waals surface area contributed by atoms with E-state index in [0.29, 0.717) is 19.2 Å². The first-order valence-corrected chi connectivity index (χ1v) is 5.68. The molecule has 0 aromatic heterocycles. The van der Waals surface area contributed by atoms with E-state index in [0.717, 1.165) is 19.3 Å². The van der Waals surface area contributed by atoms with Crippen LogP contribution in [0.15, 0.2) is 0 Å². The SMILES string of the molecule is COCCCNC(=O)CN(C(C)=O)C1CC1. The third kappa shape index (κ3) is 4.61. The summed E-state index contributed by atoms with van der Waals surface area (Å²) < 4.78 is 4.88. The average Bonchev–Trinajstić information content (AvgIpc) is 3.04. The minimum atomic E-state index is -0.0850. The van der Waals surface area contributed by atoms with Gasteiger partial charge in [-0.1, -0.05) is 0 Å². The fourth-order valence-electron chi connectivity index (χ4n) is 1.54. The van der Waals surface area contributed by atoms with Crippen LogP contribution in [0.2, 0.25) is 0 Å². The molecule has 1 saturated carbocycles. The van der Waals surface area contributed by atoms with Crippen LogP contribution in [0, 0.1) is 0 Å². The predicted octanol–water partition coefficient (Wildman–Crippen LogP) is 0.150. The van der Waals surface area contributed by atoms with Gasteiger partial charge in [0.05, 0.1) is 6.54 Å². The van der Waals surface area contributed by atoms with Gasteiger partial charge in [-0.25, -0.2) is 0 Å². The molecule has 0 heterocycles. The average molecular weight is 228 g/mol. The predicted molar refractivity (Wildman–Crippen MR) is 59.9 cm³/mol. The Hall–Kier alpha value is -1.10. The Morgan fingerprint density at radius 3 is 2.62 bits per heavy atom. The fraction of sp³-hybridized carbons (Fsp3) is 0.818. The summed E-state index contributed by atoms with van der Waals surface area (Å²) in [5.41, 5.74) is 0. The number of nitrogens with one attached hydrogen (secondary N) is 1. The number of carbonyl (C=O) groups excluding carboxylic acids is 2. The molecule has 5 heteroatoms. The standard InChI is InChI=1S/C11H20N2O3/c1-9(14)13(10-4-5-10)8-11(15)12-6-3-7-16-2/h10H,3-8H2,1-2H3,(H,12,15).